The van der Waals surface area contributed by atoms with E-state index >= 15 is 0 Å². The zero-order chi connectivity index (χ0) is 19.2. The van der Waals surface area contributed by atoms with Crippen molar-refractivity contribution in [1.29, 1.82) is 0 Å². The Hall–Kier alpha value is -1.12. The summed E-state index contributed by atoms with van der Waals surface area (Å²) in [6.45, 7) is 8.35. The molecule has 1 N–H and O–H groups in total. The van der Waals surface area contributed by atoms with Crippen molar-refractivity contribution in [2.75, 3.05) is 13.2 Å². The molecule has 0 radical (unpaired) electrons. The topological polar surface area (TPSA) is 59.9 Å². The van der Waals surface area contributed by atoms with Gasteiger partial charge in [0.05, 0.1) is 23.5 Å². The molecule has 1 amide bonds. The molecule has 26 heavy (non-hydrogen) atoms. The zero-order valence-corrected chi connectivity index (χ0v) is 17.6. The summed E-state index contributed by atoms with van der Waals surface area (Å²) in [6.07, 6.45) is 0.0514. The van der Waals surface area contributed by atoms with Crippen LogP contribution in [-0.2, 0) is 15.0 Å². The smallest absolute Gasteiger partial charge is 0.413 e. The van der Waals surface area contributed by atoms with Crippen molar-refractivity contribution in [2.45, 2.75) is 50.0 Å². The Morgan fingerprint density at radius 3 is 2.69 bits per heavy atom. The number of ether oxygens (including phenoxy) is 2. The summed E-state index contributed by atoms with van der Waals surface area (Å²) in [5.74, 6) is -0.321. The van der Waals surface area contributed by atoms with E-state index in [0.29, 0.717) is 30.4 Å². The summed E-state index contributed by atoms with van der Waals surface area (Å²) in [7, 11) is 0. The van der Waals surface area contributed by atoms with Gasteiger partial charge in [-0.05, 0) is 52.3 Å². The number of carbonyl (C=O) groups excluding carboxylic acids is 1. The van der Waals surface area contributed by atoms with Gasteiger partial charge in [0.1, 0.15) is 11.4 Å². The minimum absolute atomic E-state index is 0.227. The molecule has 8 heteroatoms. The van der Waals surface area contributed by atoms with Crippen molar-refractivity contribution in [1.82, 2.24) is 5.32 Å². The van der Waals surface area contributed by atoms with Crippen molar-refractivity contribution in [3.63, 3.8) is 0 Å². The lowest BCUT2D eigenvalue weighted by Crippen LogP contribution is -2.55. The van der Waals surface area contributed by atoms with Gasteiger partial charge in [0.25, 0.3) is 0 Å². The number of halogens is 2. The number of alkyl carbamates (subject to hydrolysis) is 1. The second-order valence-electron chi connectivity index (χ2n) is 7.90. The number of rotatable bonds is 1. The Bertz CT molecular complexity index is 761. The first-order valence-corrected chi connectivity index (χ1v) is 9.93. The monoisotopic (exact) mass is 444 g/mol. The highest BCUT2D eigenvalue weighted by molar-refractivity contribution is 9.10. The van der Waals surface area contributed by atoms with Gasteiger partial charge in [-0.3, -0.25) is 10.3 Å². The van der Waals surface area contributed by atoms with Crippen molar-refractivity contribution in [3.05, 3.63) is 34.1 Å². The van der Waals surface area contributed by atoms with Crippen LogP contribution in [-0.4, -0.2) is 34.8 Å². The second kappa shape index (κ2) is 6.80. The molecule has 0 aliphatic carbocycles. The summed E-state index contributed by atoms with van der Waals surface area (Å²) in [5, 5.41) is 3.15. The van der Waals surface area contributed by atoms with E-state index in [9.17, 15) is 9.18 Å². The Balaban J connectivity index is 1.93. The Morgan fingerprint density at radius 1 is 1.42 bits per heavy atom. The molecule has 1 spiro atoms. The average molecular weight is 445 g/mol. The first-order valence-electron chi connectivity index (χ1n) is 8.33. The van der Waals surface area contributed by atoms with Crippen LogP contribution < -0.4 is 5.32 Å². The fourth-order valence-corrected chi connectivity index (χ4v) is 4.95. The minimum Gasteiger partial charge on any atom is -0.444 e. The molecule has 5 nitrogen and oxygen atoms in total. The van der Waals surface area contributed by atoms with Crippen LogP contribution in [0.4, 0.5) is 9.18 Å². The molecular formula is C18H22BrFN2O3S. The predicted molar refractivity (Wildman–Crippen MR) is 104 cm³/mol. The SMILES string of the molecule is CC(C)(C)OC(=O)NC1=NC(C)(c2cc(Br)ccc2F)CC2(COC2)S1. The summed E-state index contributed by atoms with van der Waals surface area (Å²) in [6, 6.07) is 4.82. The molecule has 1 saturated heterocycles. The number of nitrogens with zero attached hydrogens (tertiary/aromatic N) is 1. The number of amidine groups is 1. The molecule has 3 rings (SSSR count). The maximum Gasteiger partial charge on any atom is 0.413 e. The van der Waals surface area contributed by atoms with Crippen LogP contribution in [0.2, 0.25) is 0 Å². The molecule has 2 aliphatic heterocycles. The first-order chi connectivity index (χ1) is 12.0. The van der Waals surface area contributed by atoms with Crippen LogP contribution in [0.5, 0.6) is 0 Å². The van der Waals surface area contributed by atoms with Gasteiger partial charge in [0.2, 0.25) is 0 Å². The van der Waals surface area contributed by atoms with Crippen molar-refractivity contribution in [2.24, 2.45) is 4.99 Å². The standard InChI is InChI=1S/C18H22BrFN2O3S/c1-16(2,3)25-15(23)21-14-22-17(4,8-18(26-14)9-24-10-18)12-7-11(19)5-6-13(12)20/h5-7H,8-10H2,1-4H3,(H,21,22,23). The van der Waals surface area contributed by atoms with Gasteiger partial charge < -0.3 is 9.47 Å². The maximum absolute atomic E-state index is 14.5. The molecule has 1 aromatic carbocycles. The van der Waals surface area contributed by atoms with Crippen molar-refractivity contribution >= 4 is 39.0 Å². The minimum atomic E-state index is -0.812. The molecule has 1 fully saturated rings. The maximum atomic E-state index is 14.5. The number of hydrogen-bond acceptors (Lipinski definition) is 5. The molecule has 2 aliphatic rings. The lowest BCUT2D eigenvalue weighted by molar-refractivity contribution is -0.0212. The average Bonchev–Trinajstić information content (AvgIpc) is 2.45. The quantitative estimate of drug-likeness (QED) is 0.687. The summed E-state index contributed by atoms with van der Waals surface area (Å²) in [4.78, 5) is 16.9. The Morgan fingerprint density at radius 2 is 2.12 bits per heavy atom. The van der Waals surface area contributed by atoms with E-state index in [1.165, 1.54) is 17.8 Å². The van der Waals surface area contributed by atoms with Crippen LogP contribution >= 0.6 is 27.7 Å². The molecule has 1 aromatic rings. The highest BCUT2D eigenvalue weighted by Gasteiger charge is 2.51. The second-order valence-corrected chi connectivity index (χ2v) is 10.3. The number of benzene rings is 1. The zero-order valence-electron chi connectivity index (χ0n) is 15.2. The molecule has 0 saturated carbocycles. The molecule has 0 aromatic heterocycles. The number of carbonyl (C=O) groups is 1. The van der Waals surface area contributed by atoms with Crippen LogP contribution in [0.15, 0.2) is 27.7 Å². The van der Waals surface area contributed by atoms with E-state index in [2.05, 4.69) is 26.2 Å². The third-order valence-electron chi connectivity index (χ3n) is 4.17. The largest absolute Gasteiger partial charge is 0.444 e. The van der Waals surface area contributed by atoms with Gasteiger partial charge in [-0.15, -0.1) is 0 Å². The number of hydrogen-bond donors (Lipinski definition) is 1. The molecule has 1 unspecified atom stereocenters. The van der Waals surface area contributed by atoms with Gasteiger partial charge in [-0.25, -0.2) is 9.18 Å². The van der Waals surface area contributed by atoms with Crippen LogP contribution in [0.25, 0.3) is 0 Å². The van der Waals surface area contributed by atoms with Crippen LogP contribution in [0, 0.1) is 5.82 Å². The number of thioether (sulfide) groups is 1. The van der Waals surface area contributed by atoms with Crippen molar-refractivity contribution in [3.8, 4) is 0 Å². The molecule has 1 atom stereocenters. The third kappa shape index (κ3) is 4.23. The highest BCUT2D eigenvalue weighted by Crippen LogP contribution is 2.49. The molecule has 0 bridgehead atoms. The lowest BCUT2D eigenvalue weighted by Gasteiger charge is -2.48. The number of nitrogens with one attached hydrogen (secondary N) is 1. The fourth-order valence-electron chi connectivity index (χ4n) is 3.16. The number of amides is 1. The van der Waals surface area contributed by atoms with Gasteiger partial charge in [0.15, 0.2) is 5.17 Å². The van der Waals surface area contributed by atoms with E-state index in [-0.39, 0.29) is 10.6 Å². The van der Waals surface area contributed by atoms with E-state index < -0.39 is 17.2 Å². The van der Waals surface area contributed by atoms with Gasteiger partial charge in [-0.1, -0.05) is 27.7 Å². The third-order valence-corrected chi connectivity index (χ3v) is 5.87. The normalized spacial score (nSPS) is 24.6. The van der Waals surface area contributed by atoms with E-state index in [4.69, 9.17) is 9.47 Å². The molecule has 142 valence electrons. The van der Waals surface area contributed by atoms with Gasteiger partial charge >= 0.3 is 6.09 Å². The summed E-state index contributed by atoms with van der Waals surface area (Å²) >= 11 is 4.86. The van der Waals surface area contributed by atoms with Crippen LogP contribution in [0.1, 0.15) is 39.7 Å². The summed E-state index contributed by atoms with van der Waals surface area (Å²) < 4.78 is 25.8. The van der Waals surface area contributed by atoms with E-state index in [1.807, 2.05) is 6.92 Å². The van der Waals surface area contributed by atoms with Crippen molar-refractivity contribution < 1.29 is 18.7 Å². The van der Waals surface area contributed by atoms with Crippen LogP contribution in [0.3, 0.4) is 0 Å². The predicted octanol–water partition coefficient (Wildman–Crippen LogP) is 4.59. The van der Waals surface area contributed by atoms with E-state index in [1.54, 1.807) is 32.9 Å². The Kier molecular flexibility index (Phi) is 5.13. The molecular weight excluding hydrogens is 423 g/mol. The van der Waals surface area contributed by atoms with E-state index in [0.717, 1.165) is 4.47 Å². The lowest BCUT2D eigenvalue weighted by atomic mass is 9.81. The van der Waals surface area contributed by atoms with Gasteiger partial charge in [0, 0.05) is 10.0 Å². The highest BCUT2D eigenvalue weighted by atomic mass is 79.9. The Labute approximate surface area is 165 Å². The molecule has 2 heterocycles. The summed E-state index contributed by atoms with van der Waals surface area (Å²) in [5.41, 5.74) is -0.935. The fraction of sp³-hybridized carbons (Fsp3) is 0.556. The number of aliphatic imine (C=N–C) groups is 1. The van der Waals surface area contributed by atoms with Gasteiger partial charge in [-0.2, -0.15) is 0 Å². The first kappa shape index (κ1) is 19.6.